The minimum Gasteiger partial charge on any atom is -0.458 e. The Morgan fingerprint density at radius 1 is 0.875 bits per heavy atom. The number of allylic oxidation sites excluding steroid dienone is 7. The molecule has 0 saturated heterocycles. The highest BCUT2D eigenvalue weighted by atomic mass is 16.6. The summed E-state index contributed by atoms with van der Waals surface area (Å²) in [5.74, 6) is -0.558. The molecule has 0 bridgehead atoms. The molecule has 0 aromatic heterocycles. The van der Waals surface area contributed by atoms with Crippen LogP contribution in [0.2, 0.25) is 0 Å². The van der Waals surface area contributed by atoms with Gasteiger partial charge in [-0.15, -0.1) is 0 Å². The number of hydrogen-bond acceptors (Lipinski definition) is 4. The molecule has 32 heavy (non-hydrogen) atoms. The number of nitro benzene ring substituents is 1. The van der Waals surface area contributed by atoms with Gasteiger partial charge in [0.05, 0.1) is 10.5 Å². The summed E-state index contributed by atoms with van der Waals surface area (Å²) in [4.78, 5) is 22.3. The molecule has 0 aliphatic carbocycles. The zero-order valence-corrected chi connectivity index (χ0v) is 20.1. The van der Waals surface area contributed by atoms with Crippen LogP contribution in [0.3, 0.4) is 0 Å². The molecule has 0 aliphatic heterocycles. The molecule has 0 unspecified atom stereocenters. The fraction of sp³-hybridized carbons (Fsp3) is 0.444. The molecule has 0 fully saturated rings. The first-order valence-corrected chi connectivity index (χ1v) is 11.2. The Morgan fingerprint density at radius 3 is 1.94 bits per heavy atom. The molecule has 5 heteroatoms. The Labute approximate surface area is 192 Å². The van der Waals surface area contributed by atoms with Gasteiger partial charge in [-0.3, -0.25) is 10.1 Å². The molecule has 1 aromatic rings. The first-order valence-electron chi connectivity index (χ1n) is 11.2. The van der Waals surface area contributed by atoms with Gasteiger partial charge in [0, 0.05) is 12.1 Å². The molecular weight excluding hydrogens is 402 g/mol. The summed E-state index contributed by atoms with van der Waals surface area (Å²) in [7, 11) is 0. The molecule has 0 heterocycles. The van der Waals surface area contributed by atoms with E-state index in [-0.39, 0.29) is 17.9 Å². The highest BCUT2D eigenvalue weighted by Crippen LogP contribution is 2.15. The van der Waals surface area contributed by atoms with E-state index in [1.807, 2.05) is 13.0 Å². The third kappa shape index (κ3) is 12.0. The highest BCUT2D eigenvalue weighted by Gasteiger charge is 2.12. The maximum absolute atomic E-state index is 12.0. The number of esters is 1. The fourth-order valence-electron chi connectivity index (χ4n) is 3.08. The number of nitrogens with zero attached hydrogens (tertiary/aromatic N) is 1. The van der Waals surface area contributed by atoms with Crippen molar-refractivity contribution in [2.45, 2.75) is 73.1 Å². The Hall–Kier alpha value is -2.95. The van der Waals surface area contributed by atoms with Gasteiger partial charge in [-0.2, -0.15) is 0 Å². The Balaban J connectivity index is 2.34. The van der Waals surface area contributed by atoms with Crippen molar-refractivity contribution in [1.29, 1.82) is 0 Å². The summed E-state index contributed by atoms with van der Waals surface area (Å²) in [6.07, 6.45) is 15.0. The van der Waals surface area contributed by atoms with E-state index in [0.717, 1.165) is 44.1 Å². The van der Waals surface area contributed by atoms with Crippen LogP contribution in [0.1, 0.15) is 83.5 Å². The van der Waals surface area contributed by atoms with Gasteiger partial charge in [-0.1, -0.05) is 46.6 Å². The number of ether oxygens (including phenoxy) is 1. The Kier molecular flexibility index (Phi) is 12.7. The number of hydrogen-bond donors (Lipinski definition) is 0. The number of carbonyl (C=O) groups excluding carboxylic acids is 1. The van der Waals surface area contributed by atoms with Crippen molar-refractivity contribution in [2.75, 3.05) is 6.61 Å². The van der Waals surface area contributed by atoms with Crippen LogP contribution in [-0.2, 0) is 4.74 Å². The lowest BCUT2D eigenvalue weighted by molar-refractivity contribution is -0.384. The molecule has 174 valence electrons. The predicted octanol–water partition coefficient (Wildman–Crippen LogP) is 7.90. The third-order valence-corrected chi connectivity index (χ3v) is 5.09. The van der Waals surface area contributed by atoms with E-state index in [9.17, 15) is 14.9 Å². The Morgan fingerprint density at radius 2 is 1.41 bits per heavy atom. The molecular formula is C27H37NO4. The lowest BCUT2D eigenvalue weighted by atomic mass is 10.0. The molecule has 1 aromatic carbocycles. The van der Waals surface area contributed by atoms with E-state index < -0.39 is 10.9 Å². The van der Waals surface area contributed by atoms with E-state index >= 15 is 0 Å². The van der Waals surface area contributed by atoms with Gasteiger partial charge in [0.15, 0.2) is 0 Å². The average molecular weight is 440 g/mol. The van der Waals surface area contributed by atoms with Crippen molar-refractivity contribution >= 4 is 11.7 Å². The van der Waals surface area contributed by atoms with Crippen LogP contribution in [0.15, 0.2) is 70.9 Å². The molecule has 0 saturated carbocycles. The third-order valence-electron chi connectivity index (χ3n) is 5.09. The van der Waals surface area contributed by atoms with Crippen LogP contribution < -0.4 is 0 Å². The van der Waals surface area contributed by atoms with Crippen molar-refractivity contribution in [2.24, 2.45) is 0 Å². The van der Waals surface area contributed by atoms with Crippen LogP contribution in [0.25, 0.3) is 0 Å². The zero-order valence-electron chi connectivity index (χ0n) is 20.1. The lowest BCUT2D eigenvalue weighted by Crippen LogP contribution is -2.06. The molecule has 0 radical (unpaired) electrons. The summed E-state index contributed by atoms with van der Waals surface area (Å²) in [5.41, 5.74) is 5.43. The molecule has 0 spiro atoms. The average Bonchev–Trinajstić information content (AvgIpc) is 2.73. The van der Waals surface area contributed by atoms with Gasteiger partial charge in [0.25, 0.3) is 5.69 Å². The summed E-state index contributed by atoms with van der Waals surface area (Å²) < 4.78 is 5.21. The summed E-state index contributed by atoms with van der Waals surface area (Å²) in [6, 6.07) is 5.57. The van der Waals surface area contributed by atoms with Crippen LogP contribution >= 0.6 is 0 Å². The van der Waals surface area contributed by atoms with E-state index in [0.29, 0.717) is 0 Å². The minimum atomic E-state index is -0.558. The van der Waals surface area contributed by atoms with E-state index in [2.05, 4.69) is 45.9 Å². The summed E-state index contributed by atoms with van der Waals surface area (Å²) >= 11 is 0. The van der Waals surface area contributed by atoms with Gasteiger partial charge in [0.1, 0.15) is 6.61 Å². The second-order valence-electron chi connectivity index (χ2n) is 8.45. The number of rotatable bonds is 13. The molecule has 0 aliphatic rings. The summed E-state index contributed by atoms with van der Waals surface area (Å²) in [5, 5.41) is 10.8. The second kappa shape index (κ2) is 15.0. The van der Waals surface area contributed by atoms with Crippen molar-refractivity contribution in [3.63, 3.8) is 0 Å². The number of non-ortho nitro benzene ring substituents is 1. The Bertz CT molecular complexity index is 887. The van der Waals surface area contributed by atoms with Crippen LogP contribution in [0, 0.1) is 10.1 Å². The van der Waals surface area contributed by atoms with Crippen molar-refractivity contribution < 1.29 is 14.5 Å². The van der Waals surface area contributed by atoms with Crippen LogP contribution in [0.4, 0.5) is 5.69 Å². The van der Waals surface area contributed by atoms with Crippen LogP contribution in [0.5, 0.6) is 0 Å². The van der Waals surface area contributed by atoms with Gasteiger partial charge in [-0.25, -0.2) is 4.79 Å². The lowest BCUT2D eigenvalue weighted by Gasteiger charge is -2.04. The van der Waals surface area contributed by atoms with Gasteiger partial charge in [-0.05, 0) is 85.3 Å². The molecule has 0 atom stereocenters. The molecule has 1 rings (SSSR count). The number of carbonyl (C=O) groups is 1. The monoisotopic (exact) mass is 439 g/mol. The zero-order chi connectivity index (χ0) is 23.9. The quantitative estimate of drug-likeness (QED) is 0.136. The van der Waals surface area contributed by atoms with Crippen molar-refractivity contribution in [3.8, 4) is 0 Å². The smallest absolute Gasteiger partial charge is 0.338 e. The SMILES string of the molecule is CC(C)=CCCC(C)=CCCC(C)=CCCC(C)=CCOC(=O)c1cccc([N+](=O)[O-])c1. The molecule has 0 N–H and O–H groups in total. The maximum atomic E-state index is 12.0. The van der Waals surface area contributed by atoms with E-state index in [4.69, 9.17) is 4.74 Å². The standard InChI is InChI=1S/C27H37NO4/c1-21(2)10-6-11-22(3)12-7-13-23(4)14-8-15-24(5)18-19-32-27(29)25-16-9-17-26(20-25)28(30)31/h9-10,12,14,16-18,20H,6-8,11,13,15,19H2,1-5H3. The second-order valence-corrected chi connectivity index (χ2v) is 8.45. The van der Waals surface area contributed by atoms with Crippen molar-refractivity contribution in [3.05, 3.63) is 86.5 Å². The number of nitro groups is 1. The van der Waals surface area contributed by atoms with Gasteiger partial charge >= 0.3 is 5.97 Å². The van der Waals surface area contributed by atoms with Gasteiger partial charge in [0.2, 0.25) is 0 Å². The minimum absolute atomic E-state index is 0.122. The maximum Gasteiger partial charge on any atom is 0.338 e. The largest absolute Gasteiger partial charge is 0.458 e. The first-order chi connectivity index (χ1) is 15.2. The fourth-order valence-corrected chi connectivity index (χ4v) is 3.08. The van der Waals surface area contributed by atoms with Crippen molar-refractivity contribution in [1.82, 2.24) is 0 Å². The molecule has 5 nitrogen and oxygen atoms in total. The summed E-state index contributed by atoms with van der Waals surface area (Å²) in [6.45, 7) is 10.8. The molecule has 0 amide bonds. The van der Waals surface area contributed by atoms with Crippen LogP contribution in [-0.4, -0.2) is 17.5 Å². The van der Waals surface area contributed by atoms with E-state index in [1.165, 1.54) is 41.0 Å². The first kappa shape index (κ1) is 27.1. The number of benzene rings is 1. The topological polar surface area (TPSA) is 69.4 Å². The van der Waals surface area contributed by atoms with Gasteiger partial charge < -0.3 is 4.74 Å². The normalized spacial score (nSPS) is 12.5. The highest BCUT2D eigenvalue weighted by molar-refractivity contribution is 5.90. The predicted molar refractivity (Wildman–Crippen MR) is 132 cm³/mol. The van der Waals surface area contributed by atoms with E-state index in [1.54, 1.807) is 0 Å².